The van der Waals surface area contributed by atoms with E-state index in [4.69, 9.17) is 0 Å². The van der Waals surface area contributed by atoms with Crippen molar-refractivity contribution in [3.8, 4) is 0 Å². The summed E-state index contributed by atoms with van der Waals surface area (Å²) in [5.41, 5.74) is 1.58. The van der Waals surface area contributed by atoms with Gasteiger partial charge >= 0.3 is 0 Å². The molecule has 0 bridgehead atoms. The van der Waals surface area contributed by atoms with Crippen molar-refractivity contribution >= 4 is 16.6 Å². The van der Waals surface area contributed by atoms with E-state index in [0.29, 0.717) is 17.1 Å². The van der Waals surface area contributed by atoms with Gasteiger partial charge in [0.05, 0.1) is 0 Å². The fourth-order valence-corrected chi connectivity index (χ4v) is 2.07. The molecule has 0 aliphatic heterocycles. The van der Waals surface area contributed by atoms with Crippen molar-refractivity contribution in [3.63, 3.8) is 0 Å². The number of hydrogen-bond acceptors (Lipinski definition) is 2. The van der Waals surface area contributed by atoms with Crippen molar-refractivity contribution in [2.24, 2.45) is 0 Å². The molecule has 0 aliphatic rings. The first-order valence-corrected chi connectivity index (χ1v) is 6.07. The van der Waals surface area contributed by atoms with Gasteiger partial charge in [-0.3, -0.25) is 9.00 Å². The zero-order valence-electron chi connectivity index (χ0n) is 8.45. The molecule has 1 rings (SSSR count). The molecule has 0 fully saturated rings. The molecule has 0 N–H and O–H groups in total. The number of ketones is 1. The number of hydrogen-bond donors (Lipinski definition) is 0. The molecule has 0 amide bonds. The predicted octanol–water partition coefficient (Wildman–Crippen LogP) is 2.16. The predicted molar refractivity (Wildman–Crippen MR) is 58.8 cm³/mol. The average Bonchev–Trinajstić information content (AvgIpc) is 2.18. The smallest absolute Gasteiger partial charge is 0.160 e. The van der Waals surface area contributed by atoms with Crippen molar-refractivity contribution in [2.45, 2.75) is 19.6 Å². The Kier molecular flexibility index (Phi) is 4.01. The second-order valence-corrected chi connectivity index (χ2v) is 4.83. The Bertz CT molecular complexity index is 358. The standard InChI is InChI=1S/C11H14O2S/c1-3-14(13)8-10-6-4-5-7-11(10)9(2)12/h4-7H,3,8H2,1-2H3. The van der Waals surface area contributed by atoms with E-state index in [9.17, 15) is 9.00 Å². The maximum Gasteiger partial charge on any atom is 0.160 e. The van der Waals surface area contributed by atoms with E-state index in [2.05, 4.69) is 0 Å². The van der Waals surface area contributed by atoms with Crippen LogP contribution in [0.3, 0.4) is 0 Å². The van der Waals surface area contributed by atoms with Gasteiger partial charge in [-0.2, -0.15) is 0 Å². The Morgan fingerprint density at radius 3 is 2.57 bits per heavy atom. The molecule has 0 radical (unpaired) electrons. The highest BCUT2D eigenvalue weighted by atomic mass is 32.2. The maximum absolute atomic E-state index is 11.4. The van der Waals surface area contributed by atoms with Crippen LogP contribution in [-0.4, -0.2) is 15.7 Å². The van der Waals surface area contributed by atoms with Gasteiger partial charge in [0, 0.05) is 27.9 Å². The third-order valence-electron chi connectivity index (χ3n) is 2.04. The van der Waals surface area contributed by atoms with Crippen LogP contribution in [-0.2, 0) is 16.6 Å². The van der Waals surface area contributed by atoms with Crippen LogP contribution in [0, 0.1) is 0 Å². The Morgan fingerprint density at radius 2 is 2.00 bits per heavy atom. The minimum atomic E-state index is -0.857. The summed E-state index contributed by atoms with van der Waals surface area (Å²) in [4.78, 5) is 11.2. The number of benzene rings is 1. The summed E-state index contributed by atoms with van der Waals surface area (Å²) in [6, 6.07) is 7.35. The second kappa shape index (κ2) is 5.05. The molecule has 1 aromatic carbocycles. The normalized spacial score (nSPS) is 12.4. The molecule has 0 aliphatic carbocycles. The fraction of sp³-hybridized carbons (Fsp3) is 0.364. The van der Waals surface area contributed by atoms with Gasteiger partial charge in [0.15, 0.2) is 5.78 Å². The van der Waals surface area contributed by atoms with Crippen LogP contribution in [0.15, 0.2) is 24.3 Å². The molecule has 1 atom stereocenters. The lowest BCUT2D eigenvalue weighted by Crippen LogP contribution is -2.04. The largest absolute Gasteiger partial charge is 0.295 e. The van der Waals surface area contributed by atoms with Gasteiger partial charge in [-0.1, -0.05) is 31.2 Å². The Labute approximate surface area is 86.8 Å². The lowest BCUT2D eigenvalue weighted by Gasteiger charge is -2.05. The molecule has 3 heteroatoms. The summed E-state index contributed by atoms with van der Waals surface area (Å²) < 4.78 is 11.4. The molecule has 76 valence electrons. The van der Waals surface area contributed by atoms with Gasteiger partial charge in [-0.15, -0.1) is 0 Å². The van der Waals surface area contributed by atoms with Gasteiger partial charge < -0.3 is 0 Å². The lowest BCUT2D eigenvalue weighted by atomic mass is 10.1. The van der Waals surface area contributed by atoms with E-state index in [1.54, 1.807) is 6.07 Å². The van der Waals surface area contributed by atoms with E-state index in [-0.39, 0.29) is 5.78 Å². The van der Waals surface area contributed by atoms with E-state index in [1.807, 2.05) is 25.1 Å². The number of rotatable bonds is 4. The molecule has 2 nitrogen and oxygen atoms in total. The summed E-state index contributed by atoms with van der Waals surface area (Å²) in [5.74, 6) is 1.15. The molecule has 1 unspecified atom stereocenters. The van der Waals surface area contributed by atoms with Crippen LogP contribution < -0.4 is 0 Å². The van der Waals surface area contributed by atoms with Gasteiger partial charge in [-0.05, 0) is 12.5 Å². The monoisotopic (exact) mass is 210 g/mol. The third-order valence-corrected chi connectivity index (χ3v) is 3.31. The van der Waals surface area contributed by atoms with Crippen molar-refractivity contribution < 1.29 is 9.00 Å². The molecule has 0 saturated heterocycles. The van der Waals surface area contributed by atoms with Crippen molar-refractivity contribution in [1.82, 2.24) is 0 Å². The Morgan fingerprint density at radius 1 is 1.36 bits per heavy atom. The van der Waals surface area contributed by atoms with Gasteiger partial charge in [0.25, 0.3) is 0 Å². The van der Waals surface area contributed by atoms with Crippen molar-refractivity contribution in [2.75, 3.05) is 5.75 Å². The van der Waals surface area contributed by atoms with E-state index >= 15 is 0 Å². The number of carbonyl (C=O) groups excluding carboxylic acids is 1. The summed E-state index contributed by atoms with van der Waals surface area (Å²) in [6.07, 6.45) is 0. The van der Waals surface area contributed by atoms with Crippen LogP contribution in [0.4, 0.5) is 0 Å². The van der Waals surface area contributed by atoms with Crippen LogP contribution in [0.25, 0.3) is 0 Å². The molecule has 1 aromatic rings. The zero-order valence-corrected chi connectivity index (χ0v) is 9.26. The topological polar surface area (TPSA) is 34.1 Å². The quantitative estimate of drug-likeness (QED) is 0.714. The summed E-state index contributed by atoms with van der Waals surface area (Å²) in [7, 11) is -0.857. The second-order valence-electron chi connectivity index (χ2n) is 3.09. The molecule has 0 spiro atoms. The first kappa shape index (κ1) is 11.1. The summed E-state index contributed by atoms with van der Waals surface area (Å²) in [5, 5.41) is 0. The van der Waals surface area contributed by atoms with Crippen LogP contribution >= 0.6 is 0 Å². The van der Waals surface area contributed by atoms with Crippen LogP contribution in [0.2, 0.25) is 0 Å². The molecule has 0 heterocycles. The van der Waals surface area contributed by atoms with E-state index in [0.717, 1.165) is 5.56 Å². The highest BCUT2D eigenvalue weighted by Gasteiger charge is 2.07. The summed E-state index contributed by atoms with van der Waals surface area (Å²) >= 11 is 0. The highest BCUT2D eigenvalue weighted by Crippen LogP contribution is 2.11. The Hall–Kier alpha value is -0.960. The minimum Gasteiger partial charge on any atom is -0.295 e. The van der Waals surface area contributed by atoms with Crippen LogP contribution in [0.5, 0.6) is 0 Å². The fourth-order valence-electron chi connectivity index (χ4n) is 1.27. The van der Waals surface area contributed by atoms with E-state index < -0.39 is 10.8 Å². The maximum atomic E-state index is 11.4. The van der Waals surface area contributed by atoms with Crippen LogP contribution in [0.1, 0.15) is 29.8 Å². The molecule has 0 saturated carbocycles. The molecular weight excluding hydrogens is 196 g/mol. The number of carbonyl (C=O) groups is 1. The first-order chi connectivity index (χ1) is 6.65. The zero-order chi connectivity index (χ0) is 10.6. The SMILES string of the molecule is CCS(=O)Cc1ccccc1C(C)=O. The van der Waals surface area contributed by atoms with Crippen molar-refractivity contribution in [3.05, 3.63) is 35.4 Å². The number of Topliss-reactive ketones (excluding diaryl/α,β-unsaturated/α-hetero) is 1. The van der Waals surface area contributed by atoms with Gasteiger partial charge in [-0.25, -0.2) is 0 Å². The minimum absolute atomic E-state index is 0.0358. The summed E-state index contributed by atoms with van der Waals surface area (Å²) in [6.45, 7) is 3.42. The Balaban J connectivity index is 2.95. The molecular formula is C11H14O2S. The third kappa shape index (κ3) is 2.77. The van der Waals surface area contributed by atoms with Crippen molar-refractivity contribution in [1.29, 1.82) is 0 Å². The highest BCUT2D eigenvalue weighted by molar-refractivity contribution is 7.84. The first-order valence-electron chi connectivity index (χ1n) is 4.59. The molecule has 0 aromatic heterocycles. The lowest BCUT2D eigenvalue weighted by molar-refractivity contribution is 0.101. The van der Waals surface area contributed by atoms with Gasteiger partial charge in [0.2, 0.25) is 0 Å². The molecule has 14 heavy (non-hydrogen) atoms. The van der Waals surface area contributed by atoms with Gasteiger partial charge in [0.1, 0.15) is 0 Å². The average molecular weight is 210 g/mol. The van der Waals surface area contributed by atoms with E-state index in [1.165, 1.54) is 6.92 Å².